The van der Waals surface area contributed by atoms with Gasteiger partial charge in [0, 0.05) is 5.92 Å². The van der Waals surface area contributed by atoms with Crippen LogP contribution in [0.3, 0.4) is 0 Å². The van der Waals surface area contributed by atoms with Gasteiger partial charge in [-0.25, -0.2) is 0 Å². The molecule has 0 amide bonds. The van der Waals surface area contributed by atoms with E-state index in [0.717, 1.165) is 23.3 Å². The monoisotopic (exact) mass is 256 g/mol. The maximum Gasteiger partial charge on any atom is 0.122 e. The Hall–Kier alpha value is -1.80. The molecule has 0 aromatic heterocycles. The van der Waals surface area contributed by atoms with Gasteiger partial charge in [0.2, 0.25) is 0 Å². The first-order chi connectivity index (χ1) is 9.35. The molecule has 2 rings (SSSR count). The van der Waals surface area contributed by atoms with Gasteiger partial charge in [0.25, 0.3) is 0 Å². The molecule has 0 saturated carbocycles. The Balaban J connectivity index is 2.19. The van der Waals surface area contributed by atoms with Crippen LogP contribution in [0, 0.1) is 0 Å². The van der Waals surface area contributed by atoms with E-state index in [4.69, 9.17) is 4.74 Å². The number of para-hydroxylation sites is 1. The van der Waals surface area contributed by atoms with Gasteiger partial charge < -0.3 is 9.84 Å². The normalized spacial score (nSPS) is 12.1. The Morgan fingerprint density at radius 3 is 2.37 bits per heavy atom. The van der Waals surface area contributed by atoms with Crippen molar-refractivity contribution >= 4 is 0 Å². The molecule has 0 spiro atoms. The summed E-state index contributed by atoms with van der Waals surface area (Å²) in [4.78, 5) is 0. The second kappa shape index (κ2) is 6.95. The van der Waals surface area contributed by atoms with Crippen LogP contribution in [0.5, 0.6) is 5.75 Å². The molecule has 0 bridgehead atoms. The van der Waals surface area contributed by atoms with Crippen molar-refractivity contribution in [2.75, 3.05) is 13.2 Å². The molecule has 19 heavy (non-hydrogen) atoms. The van der Waals surface area contributed by atoms with E-state index in [0.29, 0.717) is 6.61 Å². The maximum absolute atomic E-state index is 9.62. The van der Waals surface area contributed by atoms with Gasteiger partial charge in [-0.05, 0) is 30.5 Å². The molecule has 0 heterocycles. The molecule has 1 atom stereocenters. The van der Waals surface area contributed by atoms with Gasteiger partial charge in [0.1, 0.15) is 5.75 Å². The first-order valence-electron chi connectivity index (χ1n) is 6.71. The minimum Gasteiger partial charge on any atom is -0.494 e. The summed E-state index contributed by atoms with van der Waals surface area (Å²) in [5.41, 5.74) is 2.31. The standard InChI is InChI=1S/C17H20O2/c1-2-19-17-11-7-6-10-15(17)12-16(13-18)14-8-4-3-5-9-14/h3-11,16,18H,2,12-13H2,1H3. The lowest BCUT2D eigenvalue weighted by Crippen LogP contribution is -2.09. The van der Waals surface area contributed by atoms with Gasteiger partial charge in [-0.1, -0.05) is 48.5 Å². The fourth-order valence-electron chi connectivity index (χ4n) is 2.25. The van der Waals surface area contributed by atoms with Crippen molar-refractivity contribution in [1.82, 2.24) is 0 Å². The lowest BCUT2D eigenvalue weighted by Gasteiger charge is -2.17. The molecule has 0 aliphatic heterocycles. The fourth-order valence-corrected chi connectivity index (χ4v) is 2.25. The van der Waals surface area contributed by atoms with E-state index in [1.807, 2.05) is 43.3 Å². The minimum absolute atomic E-state index is 0.114. The van der Waals surface area contributed by atoms with Gasteiger partial charge in [-0.3, -0.25) is 0 Å². The summed E-state index contributed by atoms with van der Waals surface area (Å²) < 4.78 is 5.64. The molecular formula is C17H20O2. The first-order valence-corrected chi connectivity index (χ1v) is 6.71. The van der Waals surface area contributed by atoms with Crippen LogP contribution in [0.4, 0.5) is 0 Å². The lowest BCUT2D eigenvalue weighted by atomic mass is 9.92. The van der Waals surface area contributed by atoms with Crippen LogP contribution >= 0.6 is 0 Å². The van der Waals surface area contributed by atoms with E-state index in [2.05, 4.69) is 18.2 Å². The summed E-state index contributed by atoms with van der Waals surface area (Å²) in [6.45, 7) is 2.79. The number of hydrogen-bond donors (Lipinski definition) is 1. The van der Waals surface area contributed by atoms with E-state index in [1.54, 1.807) is 0 Å². The molecule has 1 N–H and O–H groups in total. The van der Waals surface area contributed by atoms with Crippen molar-refractivity contribution in [2.45, 2.75) is 19.3 Å². The second-order valence-corrected chi connectivity index (χ2v) is 4.54. The quantitative estimate of drug-likeness (QED) is 0.858. The van der Waals surface area contributed by atoms with Crippen LogP contribution < -0.4 is 4.74 Å². The number of aliphatic hydroxyl groups is 1. The zero-order valence-corrected chi connectivity index (χ0v) is 11.3. The van der Waals surface area contributed by atoms with Crippen LogP contribution in [-0.4, -0.2) is 18.3 Å². The molecule has 2 aromatic carbocycles. The number of rotatable bonds is 6. The Bertz CT molecular complexity index is 494. The Labute approximate surface area is 114 Å². The highest BCUT2D eigenvalue weighted by Crippen LogP contribution is 2.26. The highest BCUT2D eigenvalue weighted by molar-refractivity contribution is 5.35. The van der Waals surface area contributed by atoms with Crippen LogP contribution in [0.2, 0.25) is 0 Å². The van der Waals surface area contributed by atoms with E-state index in [9.17, 15) is 5.11 Å². The topological polar surface area (TPSA) is 29.5 Å². The zero-order valence-electron chi connectivity index (χ0n) is 11.3. The zero-order chi connectivity index (χ0) is 13.5. The van der Waals surface area contributed by atoms with Crippen molar-refractivity contribution in [3.8, 4) is 5.75 Å². The molecule has 2 heteroatoms. The van der Waals surface area contributed by atoms with Gasteiger partial charge in [0.15, 0.2) is 0 Å². The predicted octanol–water partition coefficient (Wildman–Crippen LogP) is 3.40. The molecule has 0 saturated heterocycles. The second-order valence-electron chi connectivity index (χ2n) is 4.54. The number of hydrogen-bond acceptors (Lipinski definition) is 2. The van der Waals surface area contributed by atoms with Crippen LogP contribution in [0.25, 0.3) is 0 Å². The SMILES string of the molecule is CCOc1ccccc1CC(CO)c1ccccc1. The third-order valence-corrected chi connectivity index (χ3v) is 3.23. The Kier molecular flexibility index (Phi) is 4.99. The summed E-state index contributed by atoms with van der Waals surface area (Å²) >= 11 is 0. The van der Waals surface area contributed by atoms with Crippen molar-refractivity contribution < 1.29 is 9.84 Å². The molecule has 0 aliphatic rings. The third kappa shape index (κ3) is 3.58. The number of ether oxygens (including phenoxy) is 1. The van der Waals surface area contributed by atoms with Crippen LogP contribution in [0.1, 0.15) is 24.0 Å². The van der Waals surface area contributed by atoms with Crippen molar-refractivity contribution in [2.24, 2.45) is 0 Å². The average Bonchev–Trinajstić information content (AvgIpc) is 2.47. The molecule has 1 unspecified atom stereocenters. The Morgan fingerprint density at radius 1 is 1.00 bits per heavy atom. The van der Waals surface area contributed by atoms with E-state index >= 15 is 0 Å². The summed E-state index contributed by atoms with van der Waals surface area (Å²) in [6, 6.07) is 18.2. The molecule has 0 radical (unpaired) electrons. The molecule has 2 nitrogen and oxygen atoms in total. The van der Waals surface area contributed by atoms with E-state index in [1.165, 1.54) is 0 Å². The van der Waals surface area contributed by atoms with Gasteiger partial charge in [-0.2, -0.15) is 0 Å². The van der Waals surface area contributed by atoms with E-state index in [-0.39, 0.29) is 12.5 Å². The smallest absolute Gasteiger partial charge is 0.122 e. The van der Waals surface area contributed by atoms with E-state index < -0.39 is 0 Å². The van der Waals surface area contributed by atoms with Gasteiger partial charge >= 0.3 is 0 Å². The first kappa shape index (κ1) is 13.6. The summed E-state index contributed by atoms with van der Waals surface area (Å²) in [7, 11) is 0. The molecule has 100 valence electrons. The third-order valence-electron chi connectivity index (χ3n) is 3.23. The minimum atomic E-state index is 0.114. The molecule has 2 aromatic rings. The summed E-state index contributed by atoms with van der Waals surface area (Å²) in [5.74, 6) is 1.03. The molecule has 0 fully saturated rings. The van der Waals surface area contributed by atoms with Crippen LogP contribution in [0.15, 0.2) is 54.6 Å². The predicted molar refractivity (Wildman–Crippen MR) is 77.6 cm³/mol. The lowest BCUT2D eigenvalue weighted by molar-refractivity contribution is 0.262. The number of benzene rings is 2. The maximum atomic E-state index is 9.62. The summed E-state index contributed by atoms with van der Waals surface area (Å²) in [6.07, 6.45) is 0.788. The van der Waals surface area contributed by atoms with Gasteiger partial charge in [-0.15, -0.1) is 0 Å². The Morgan fingerprint density at radius 2 is 1.68 bits per heavy atom. The highest BCUT2D eigenvalue weighted by Gasteiger charge is 2.13. The summed E-state index contributed by atoms with van der Waals surface area (Å²) in [5, 5.41) is 9.62. The van der Waals surface area contributed by atoms with Crippen molar-refractivity contribution in [1.29, 1.82) is 0 Å². The van der Waals surface area contributed by atoms with Crippen molar-refractivity contribution in [3.05, 3.63) is 65.7 Å². The largest absolute Gasteiger partial charge is 0.494 e. The van der Waals surface area contributed by atoms with Gasteiger partial charge in [0.05, 0.1) is 13.2 Å². The average molecular weight is 256 g/mol. The fraction of sp³-hybridized carbons (Fsp3) is 0.294. The number of aliphatic hydroxyl groups excluding tert-OH is 1. The molecular weight excluding hydrogens is 236 g/mol. The van der Waals surface area contributed by atoms with Crippen molar-refractivity contribution in [3.63, 3.8) is 0 Å². The molecule has 0 aliphatic carbocycles. The highest BCUT2D eigenvalue weighted by atomic mass is 16.5. The van der Waals surface area contributed by atoms with Crippen LogP contribution in [-0.2, 0) is 6.42 Å².